The predicted octanol–water partition coefficient (Wildman–Crippen LogP) is 1.86. The molecule has 0 heterocycles. The highest BCUT2D eigenvalue weighted by molar-refractivity contribution is 7.89. The average Bonchev–Trinajstić information content (AvgIpc) is 3.28. The van der Waals surface area contributed by atoms with Crippen LogP contribution in [0.3, 0.4) is 0 Å². The van der Waals surface area contributed by atoms with Crippen LogP contribution in [-0.2, 0) is 16.6 Å². The Balaban J connectivity index is 1.90. The molecule has 20 heavy (non-hydrogen) atoms. The zero-order valence-corrected chi connectivity index (χ0v) is 12.3. The standard InChI is InChI=1S/C14H19FN2O2S/c1-17(13-6-7-13)20(18,19)14-8-11(15)3-2-10(14)9-16-12-4-5-12/h2-3,8,12-13,16H,4-7,9H2,1H3. The monoisotopic (exact) mass is 298 g/mol. The summed E-state index contributed by atoms with van der Waals surface area (Å²) >= 11 is 0. The van der Waals surface area contributed by atoms with Gasteiger partial charge in [-0.3, -0.25) is 0 Å². The van der Waals surface area contributed by atoms with Crippen LogP contribution in [0.5, 0.6) is 0 Å². The number of rotatable bonds is 6. The fraction of sp³-hybridized carbons (Fsp3) is 0.571. The molecule has 0 saturated heterocycles. The van der Waals surface area contributed by atoms with Gasteiger partial charge in [0, 0.05) is 25.7 Å². The lowest BCUT2D eigenvalue weighted by molar-refractivity contribution is 0.462. The average molecular weight is 298 g/mol. The fourth-order valence-electron chi connectivity index (χ4n) is 2.25. The van der Waals surface area contributed by atoms with Crippen LogP contribution in [0.2, 0.25) is 0 Å². The number of nitrogens with one attached hydrogen (secondary N) is 1. The molecule has 110 valence electrons. The minimum atomic E-state index is -3.60. The van der Waals surface area contributed by atoms with Gasteiger partial charge in [0.15, 0.2) is 0 Å². The number of hydrogen-bond acceptors (Lipinski definition) is 3. The minimum Gasteiger partial charge on any atom is -0.310 e. The molecule has 1 N–H and O–H groups in total. The van der Waals surface area contributed by atoms with Gasteiger partial charge in [-0.25, -0.2) is 12.8 Å². The molecule has 1 aromatic carbocycles. The topological polar surface area (TPSA) is 49.4 Å². The zero-order valence-electron chi connectivity index (χ0n) is 11.5. The van der Waals surface area contributed by atoms with Crippen LogP contribution in [0.15, 0.2) is 23.1 Å². The first-order valence-corrected chi connectivity index (χ1v) is 8.42. The van der Waals surface area contributed by atoms with Gasteiger partial charge in [-0.1, -0.05) is 6.07 Å². The number of benzene rings is 1. The van der Waals surface area contributed by atoms with Crippen LogP contribution in [-0.4, -0.2) is 31.9 Å². The Labute approximate surface area is 119 Å². The van der Waals surface area contributed by atoms with Gasteiger partial charge in [0.1, 0.15) is 5.82 Å². The normalized spacial score (nSPS) is 19.6. The summed E-state index contributed by atoms with van der Waals surface area (Å²) in [4.78, 5) is 0.0973. The summed E-state index contributed by atoms with van der Waals surface area (Å²) in [7, 11) is -2.02. The van der Waals surface area contributed by atoms with Crippen LogP contribution in [0.1, 0.15) is 31.2 Å². The maximum atomic E-state index is 13.5. The molecule has 0 radical (unpaired) electrons. The Hall–Kier alpha value is -0.980. The first-order chi connectivity index (χ1) is 9.48. The quantitative estimate of drug-likeness (QED) is 0.872. The molecular formula is C14H19FN2O2S. The van der Waals surface area contributed by atoms with Crippen molar-refractivity contribution in [2.24, 2.45) is 0 Å². The van der Waals surface area contributed by atoms with E-state index in [4.69, 9.17) is 0 Å². The first-order valence-electron chi connectivity index (χ1n) is 6.98. The van der Waals surface area contributed by atoms with E-state index in [1.165, 1.54) is 10.4 Å². The van der Waals surface area contributed by atoms with Gasteiger partial charge >= 0.3 is 0 Å². The van der Waals surface area contributed by atoms with Crippen molar-refractivity contribution >= 4 is 10.0 Å². The molecule has 1 aromatic rings. The van der Waals surface area contributed by atoms with Crippen molar-refractivity contribution in [2.75, 3.05) is 7.05 Å². The lowest BCUT2D eigenvalue weighted by Gasteiger charge is -2.19. The summed E-state index contributed by atoms with van der Waals surface area (Å²) in [6.07, 6.45) is 4.04. The van der Waals surface area contributed by atoms with Crippen molar-refractivity contribution in [3.8, 4) is 0 Å². The van der Waals surface area contributed by atoms with Crippen molar-refractivity contribution in [3.63, 3.8) is 0 Å². The maximum Gasteiger partial charge on any atom is 0.243 e. The van der Waals surface area contributed by atoms with E-state index in [0.29, 0.717) is 18.2 Å². The van der Waals surface area contributed by atoms with E-state index in [1.807, 2.05) is 0 Å². The first kappa shape index (κ1) is 14.0. The van der Waals surface area contributed by atoms with Crippen LogP contribution < -0.4 is 5.32 Å². The summed E-state index contributed by atoms with van der Waals surface area (Å²) < 4.78 is 40.0. The second-order valence-corrected chi connectivity index (χ2v) is 7.63. The molecule has 2 aliphatic carbocycles. The fourth-order valence-corrected chi connectivity index (χ4v) is 3.89. The molecule has 0 bridgehead atoms. The summed E-state index contributed by atoms with van der Waals surface area (Å²) in [5, 5.41) is 3.28. The SMILES string of the molecule is CN(C1CC1)S(=O)(=O)c1cc(F)ccc1CNC1CC1. The van der Waals surface area contributed by atoms with Gasteiger partial charge in [-0.2, -0.15) is 4.31 Å². The highest BCUT2D eigenvalue weighted by Crippen LogP contribution is 2.32. The van der Waals surface area contributed by atoms with E-state index in [9.17, 15) is 12.8 Å². The molecule has 0 atom stereocenters. The van der Waals surface area contributed by atoms with Crippen molar-refractivity contribution < 1.29 is 12.8 Å². The second-order valence-electron chi connectivity index (χ2n) is 5.66. The Kier molecular flexibility index (Phi) is 3.56. The minimum absolute atomic E-state index is 0.0764. The Morgan fingerprint density at radius 2 is 2.00 bits per heavy atom. The largest absolute Gasteiger partial charge is 0.310 e. The Bertz CT molecular complexity index is 610. The maximum absolute atomic E-state index is 13.5. The van der Waals surface area contributed by atoms with Crippen LogP contribution in [0.25, 0.3) is 0 Å². The lowest BCUT2D eigenvalue weighted by Crippen LogP contribution is -2.30. The molecule has 0 unspecified atom stereocenters. The number of halogens is 1. The van der Waals surface area contributed by atoms with Crippen molar-refractivity contribution in [3.05, 3.63) is 29.6 Å². The van der Waals surface area contributed by atoms with E-state index in [-0.39, 0.29) is 10.9 Å². The summed E-state index contributed by atoms with van der Waals surface area (Å²) in [6, 6.07) is 4.58. The van der Waals surface area contributed by atoms with Gasteiger partial charge in [-0.15, -0.1) is 0 Å². The van der Waals surface area contributed by atoms with E-state index >= 15 is 0 Å². The number of hydrogen-bond donors (Lipinski definition) is 1. The van der Waals surface area contributed by atoms with Gasteiger partial charge in [-0.05, 0) is 43.4 Å². The Morgan fingerprint density at radius 3 is 2.60 bits per heavy atom. The number of sulfonamides is 1. The lowest BCUT2D eigenvalue weighted by atomic mass is 10.2. The molecule has 3 rings (SSSR count). The molecule has 0 amide bonds. The molecule has 2 saturated carbocycles. The second kappa shape index (κ2) is 5.09. The highest BCUT2D eigenvalue weighted by atomic mass is 32.2. The van der Waals surface area contributed by atoms with Gasteiger partial charge in [0.05, 0.1) is 4.90 Å². The molecule has 2 aliphatic rings. The van der Waals surface area contributed by atoms with E-state index < -0.39 is 15.8 Å². The third-order valence-electron chi connectivity index (χ3n) is 3.91. The van der Waals surface area contributed by atoms with Crippen molar-refractivity contribution in [1.82, 2.24) is 9.62 Å². The molecular weight excluding hydrogens is 279 g/mol. The summed E-state index contributed by atoms with van der Waals surface area (Å²) in [5.41, 5.74) is 0.644. The molecule has 0 aliphatic heterocycles. The number of nitrogens with zero attached hydrogens (tertiary/aromatic N) is 1. The van der Waals surface area contributed by atoms with Crippen LogP contribution in [0.4, 0.5) is 4.39 Å². The van der Waals surface area contributed by atoms with Crippen molar-refractivity contribution in [2.45, 2.75) is 49.2 Å². The molecule has 0 aromatic heterocycles. The smallest absolute Gasteiger partial charge is 0.243 e. The third-order valence-corrected chi connectivity index (χ3v) is 5.90. The van der Waals surface area contributed by atoms with Gasteiger partial charge < -0.3 is 5.32 Å². The van der Waals surface area contributed by atoms with Gasteiger partial charge in [0.2, 0.25) is 10.0 Å². The zero-order chi connectivity index (χ0) is 14.3. The molecule has 0 spiro atoms. The van der Waals surface area contributed by atoms with E-state index in [0.717, 1.165) is 31.7 Å². The van der Waals surface area contributed by atoms with Crippen LogP contribution >= 0.6 is 0 Å². The van der Waals surface area contributed by atoms with E-state index in [1.54, 1.807) is 13.1 Å². The molecule has 4 nitrogen and oxygen atoms in total. The van der Waals surface area contributed by atoms with Crippen LogP contribution in [0, 0.1) is 5.82 Å². The van der Waals surface area contributed by atoms with E-state index in [2.05, 4.69) is 5.32 Å². The van der Waals surface area contributed by atoms with Crippen molar-refractivity contribution in [1.29, 1.82) is 0 Å². The molecule has 2 fully saturated rings. The van der Waals surface area contributed by atoms with Gasteiger partial charge in [0.25, 0.3) is 0 Å². The summed E-state index contributed by atoms with van der Waals surface area (Å²) in [5.74, 6) is -0.511. The Morgan fingerprint density at radius 1 is 1.30 bits per heavy atom. The third kappa shape index (κ3) is 2.87. The molecule has 6 heteroatoms. The predicted molar refractivity (Wildman–Crippen MR) is 74.2 cm³/mol. The highest BCUT2D eigenvalue weighted by Gasteiger charge is 2.36. The summed E-state index contributed by atoms with van der Waals surface area (Å²) in [6.45, 7) is 0.470.